The van der Waals surface area contributed by atoms with E-state index < -0.39 is 5.82 Å². The molecule has 0 saturated carbocycles. The second-order valence-corrected chi connectivity index (χ2v) is 8.96. The second-order valence-electron chi connectivity index (χ2n) is 8.55. The number of hydrogen-bond acceptors (Lipinski definition) is 6. The van der Waals surface area contributed by atoms with Gasteiger partial charge in [-0.2, -0.15) is 5.10 Å². The number of methoxy groups -OCH3 is 1. The van der Waals surface area contributed by atoms with Crippen LogP contribution in [0.1, 0.15) is 43.6 Å². The monoisotopic (exact) mass is 446 g/mol. The zero-order valence-electron chi connectivity index (χ0n) is 18.5. The average Bonchev–Trinajstić information content (AvgIpc) is 3.04. The van der Waals surface area contributed by atoms with Crippen molar-refractivity contribution in [2.45, 2.75) is 46.2 Å². The van der Waals surface area contributed by atoms with Gasteiger partial charge in [-0.15, -0.1) is 0 Å². The van der Waals surface area contributed by atoms with Gasteiger partial charge in [0.15, 0.2) is 5.65 Å². The van der Waals surface area contributed by atoms with E-state index in [4.69, 9.17) is 22.1 Å². The molecule has 4 rings (SSSR count). The molecule has 1 aliphatic rings. The molecule has 0 spiro atoms. The highest BCUT2D eigenvalue weighted by Gasteiger charge is 2.32. The third kappa shape index (κ3) is 3.72. The van der Waals surface area contributed by atoms with Crippen molar-refractivity contribution in [3.8, 4) is 5.75 Å². The van der Waals surface area contributed by atoms with Gasteiger partial charge in [0, 0.05) is 30.3 Å². The number of nitrogen functional groups attached to an aromatic ring is 1. The standard InChI is InChI=1S/C22H28ClFN6O/c1-11(2)29-8-14(9-29)6-16-19(24)17(23)7-15(20(16)31-5)13(4)30-22-18(12(3)28-30)21(25)26-10-27-22/h7,10-11,13-14H,6,8-9H2,1-5H3,(H2,25,26,27). The van der Waals surface area contributed by atoms with Gasteiger partial charge >= 0.3 is 0 Å². The summed E-state index contributed by atoms with van der Waals surface area (Å²) >= 11 is 6.34. The molecule has 0 aliphatic carbocycles. The first-order chi connectivity index (χ1) is 14.7. The van der Waals surface area contributed by atoms with Crippen molar-refractivity contribution in [3.63, 3.8) is 0 Å². The first-order valence-electron chi connectivity index (χ1n) is 10.5. The smallest absolute Gasteiger partial charge is 0.164 e. The lowest BCUT2D eigenvalue weighted by atomic mass is 9.89. The van der Waals surface area contributed by atoms with Crippen LogP contribution in [0, 0.1) is 18.7 Å². The van der Waals surface area contributed by atoms with Gasteiger partial charge in [0.05, 0.1) is 29.3 Å². The van der Waals surface area contributed by atoms with E-state index in [2.05, 4.69) is 33.8 Å². The van der Waals surface area contributed by atoms with E-state index in [1.165, 1.54) is 6.33 Å². The zero-order chi connectivity index (χ0) is 22.4. The summed E-state index contributed by atoms with van der Waals surface area (Å²) in [6.07, 6.45) is 1.99. The lowest BCUT2D eigenvalue weighted by Gasteiger charge is -2.42. The summed E-state index contributed by atoms with van der Waals surface area (Å²) in [5.41, 5.74) is 8.67. The van der Waals surface area contributed by atoms with Crippen LogP contribution >= 0.6 is 11.6 Å². The molecule has 0 radical (unpaired) electrons. The van der Waals surface area contributed by atoms with Gasteiger partial charge in [0.2, 0.25) is 0 Å². The van der Waals surface area contributed by atoms with Crippen LogP contribution in [0.4, 0.5) is 10.2 Å². The van der Waals surface area contributed by atoms with E-state index in [0.29, 0.717) is 46.5 Å². The number of ether oxygens (including phenoxy) is 1. The molecule has 9 heteroatoms. The van der Waals surface area contributed by atoms with E-state index in [0.717, 1.165) is 24.3 Å². The van der Waals surface area contributed by atoms with E-state index in [9.17, 15) is 0 Å². The van der Waals surface area contributed by atoms with Crippen LogP contribution in [0.25, 0.3) is 11.0 Å². The molecule has 2 aromatic heterocycles. The summed E-state index contributed by atoms with van der Waals surface area (Å²) < 4.78 is 22.6. The number of anilines is 1. The molecule has 1 atom stereocenters. The molecule has 1 aromatic carbocycles. The molecule has 0 bridgehead atoms. The van der Waals surface area contributed by atoms with Crippen LogP contribution in [0.2, 0.25) is 5.02 Å². The molecule has 1 saturated heterocycles. The molecule has 1 aliphatic heterocycles. The SMILES string of the molecule is COc1c(C(C)n2nc(C)c3c(N)ncnc32)cc(Cl)c(F)c1CC1CN(C(C)C)C1. The Balaban J connectivity index is 1.75. The van der Waals surface area contributed by atoms with Crippen molar-refractivity contribution in [3.05, 3.63) is 40.1 Å². The third-order valence-electron chi connectivity index (χ3n) is 6.22. The van der Waals surface area contributed by atoms with E-state index >= 15 is 4.39 Å². The molecule has 0 amide bonds. The van der Waals surface area contributed by atoms with Crippen LogP contribution in [-0.2, 0) is 6.42 Å². The fraction of sp³-hybridized carbons (Fsp3) is 0.500. The summed E-state index contributed by atoms with van der Waals surface area (Å²) in [5.74, 6) is 0.851. The lowest BCUT2D eigenvalue weighted by molar-refractivity contribution is 0.0672. The van der Waals surface area contributed by atoms with Crippen molar-refractivity contribution < 1.29 is 9.13 Å². The number of aryl methyl sites for hydroxylation is 1. The number of halogens is 2. The number of hydrogen-bond donors (Lipinski definition) is 1. The highest BCUT2D eigenvalue weighted by Crippen LogP contribution is 2.40. The maximum absolute atomic E-state index is 15.1. The van der Waals surface area contributed by atoms with Gasteiger partial charge in [-0.25, -0.2) is 19.0 Å². The van der Waals surface area contributed by atoms with Gasteiger partial charge in [0.1, 0.15) is 23.7 Å². The predicted octanol–water partition coefficient (Wildman–Crippen LogP) is 4.01. The van der Waals surface area contributed by atoms with E-state index in [-0.39, 0.29) is 11.1 Å². The Morgan fingerprint density at radius 1 is 1.29 bits per heavy atom. The first kappa shape index (κ1) is 21.8. The van der Waals surface area contributed by atoms with Crippen molar-refractivity contribution in [2.75, 3.05) is 25.9 Å². The Kier molecular flexibility index (Phi) is 5.79. The Morgan fingerprint density at radius 2 is 2.00 bits per heavy atom. The minimum atomic E-state index is -0.412. The minimum Gasteiger partial charge on any atom is -0.496 e. The molecule has 1 fully saturated rings. The molecule has 3 heterocycles. The first-order valence-corrected chi connectivity index (χ1v) is 10.8. The largest absolute Gasteiger partial charge is 0.496 e. The van der Waals surface area contributed by atoms with E-state index in [1.54, 1.807) is 17.9 Å². The number of nitrogens with zero attached hydrogens (tertiary/aromatic N) is 5. The van der Waals surface area contributed by atoms with Crippen LogP contribution in [0.15, 0.2) is 12.4 Å². The van der Waals surface area contributed by atoms with Crippen molar-refractivity contribution >= 4 is 28.5 Å². The molecule has 3 aromatic rings. The van der Waals surface area contributed by atoms with Gasteiger partial charge in [0.25, 0.3) is 0 Å². The molecular weight excluding hydrogens is 419 g/mol. The van der Waals surface area contributed by atoms with Gasteiger partial charge in [-0.3, -0.25) is 0 Å². The average molecular weight is 447 g/mol. The zero-order valence-corrected chi connectivity index (χ0v) is 19.2. The van der Waals surface area contributed by atoms with Gasteiger partial charge < -0.3 is 15.4 Å². The predicted molar refractivity (Wildman–Crippen MR) is 120 cm³/mol. The van der Waals surface area contributed by atoms with Crippen LogP contribution in [-0.4, -0.2) is 50.9 Å². The lowest BCUT2D eigenvalue weighted by Crippen LogP contribution is -2.50. The summed E-state index contributed by atoms with van der Waals surface area (Å²) in [6.45, 7) is 10.0. The number of likely N-dealkylation sites (tertiary alicyclic amines) is 1. The summed E-state index contributed by atoms with van der Waals surface area (Å²) in [6, 6.07) is 1.81. The third-order valence-corrected chi connectivity index (χ3v) is 6.49. The minimum absolute atomic E-state index is 0.0833. The molecule has 166 valence electrons. The maximum Gasteiger partial charge on any atom is 0.164 e. The van der Waals surface area contributed by atoms with Gasteiger partial charge in [-0.1, -0.05) is 11.6 Å². The van der Waals surface area contributed by atoms with Crippen LogP contribution < -0.4 is 10.5 Å². The summed E-state index contributed by atoms with van der Waals surface area (Å²) in [7, 11) is 1.57. The second kappa shape index (κ2) is 8.24. The molecule has 2 N–H and O–H groups in total. The fourth-order valence-corrected chi connectivity index (χ4v) is 4.67. The molecule has 7 nitrogen and oxygen atoms in total. The number of fused-ring (bicyclic) bond motifs is 1. The molecular formula is C22H28ClFN6O. The number of benzene rings is 1. The van der Waals surface area contributed by atoms with Crippen LogP contribution in [0.5, 0.6) is 5.75 Å². The highest BCUT2D eigenvalue weighted by atomic mass is 35.5. The van der Waals surface area contributed by atoms with Crippen molar-refractivity contribution in [2.24, 2.45) is 5.92 Å². The Labute approximate surface area is 186 Å². The molecule has 31 heavy (non-hydrogen) atoms. The number of nitrogens with two attached hydrogens (primary N) is 1. The maximum atomic E-state index is 15.1. The molecule has 1 unspecified atom stereocenters. The number of aromatic nitrogens is 4. The fourth-order valence-electron chi connectivity index (χ4n) is 4.44. The summed E-state index contributed by atoms with van der Waals surface area (Å²) in [5, 5.41) is 5.43. The van der Waals surface area contributed by atoms with Gasteiger partial charge in [-0.05, 0) is 46.1 Å². The summed E-state index contributed by atoms with van der Waals surface area (Å²) in [4.78, 5) is 10.8. The van der Waals surface area contributed by atoms with Crippen molar-refractivity contribution in [1.29, 1.82) is 0 Å². The topological polar surface area (TPSA) is 82.1 Å². The van der Waals surface area contributed by atoms with E-state index in [1.807, 2.05) is 13.8 Å². The van der Waals surface area contributed by atoms with Crippen LogP contribution in [0.3, 0.4) is 0 Å². The Morgan fingerprint density at radius 3 is 2.65 bits per heavy atom. The van der Waals surface area contributed by atoms with Crippen molar-refractivity contribution in [1.82, 2.24) is 24.6 Å². The number of rotatable bonds is 6. The normalized spacial score (nSPS) is 16.1. The Hall–Kier alpha value is -2.45. The highest BCUT2D eigenvalue weighted by molar-refractivity contribution is 6.31. The Bertz CT molecular complexity index is 1130. The quantitative estimate of drug-likeness (QED) is 0.616.